The summed E-state index contributed by atoms with van der Waals surface area (Å²) in [5, 5.41) is 9.15. The van der Waals surface area contributed by atoms with Crippen LogP contribution in [-0.2, 0) is 28.0 Å². The monoisotopic (exact) mass is 274 g/mol. The van der Waals surface area contributed by atoms with Gasteiger partial charge in [-0.05, 0) is 0 Å². The minimum absolute atomic E-state index is 0.00713. The Hall–Kier alpha value is -1.45. The molecule has 100 valence electrons. The molecule has 2 N–H and O–H groups in total. The molecular weight excluding hydrogens is 260 g/mol. The number of rotatable bonds is 3. The standard InChI is InChI=1S/C9H14N4O4S/c1-12(2)18(16,17)13-4-7-6(10-5-11-7)3-8(13)9(14)15/h5,8H,3-4H2,1-2H3,(H,10,11)(H,14,15). The summed E-state index contributed by atoms with van der Waals surface area (Å²) in [6.45, 7) is -0.00713. The lowest BCUT2D eigenvalue weighted by molar-refractivity contribution is -0.142. The summed E-state index contributed by atoms with van der Waals surface area (Å²) in [6.07, 6.45) is 1.51. The lowest BCUT2D eigenvalue weighted by Crippen LogP contribution is -2.52. The van der Waals surface area contributed by atoms with E-state index in [9.17, 15) is 13.2 Å². The van der Waals surface area contributed by atoms with Crippen molar-refractivity contribution in [3.05, 3.63) is 17.7 Å². The first-order chi connectivity index (χ1) is 8.34. The van der Waals surface area contributed by atoms with Gasteiger partial charge in [0.05, 0.1) is 24.3 Å². The molecule has 0 spiro atoms. The van der Waals surface area contributed by atoms with Gasteiger partial charge >= 0.3 is 5.97 Å². The predicted molar refractivity (Wildman–Crippen MR) is 61.9 cm³/mol. The molecular formula is C9H14N4O4S. The van der Waals surface area contributed by atoms with Gasteiger partial charge < -0.3 is 10.1 Å². The lowest BCUT2D eigenvalue weighted by atomic mass is 10.1. The minimum Gasteiger partial charge on any atom is -0.480 e. The van der Waals surface area contributed by atoms with E-state index in [0.29, 0.717) is 11.4 Å². The number of aromatic amines is 1. The van der Waals surface area contributed by atoms with Gasteiger partial charge in [0.2, 0.25) is 0 Å². The summed E-state index contributed by atoms with van der Waals surface area (Å²) in [6, 6.07) is -1.12. The molecule has 1 atom stereocenters. The van der Waals surface area contributed by atoms with Crippen molar-refractivity contribution in [2.75, 3.05) is 14.1 Å². The highest BCUT2D eigenvalue weighted by atomic mass is 32.2. The maximum absolute atomic E-state index is 12.1. The third kappa shape index (κ3) is 2.00. The van der Waals surface area contributed by atoms with Gasteiger partial charge in [-0.15, -0.1) is 0 Å². The van der Waals surface area contributed by atoms with Gasteiger partial charge in [-0.3, -0.25) is 4.79 Å². The molecule has 0 fully saturated rings. The second-order valence-corrected chi connectivity index (χ2v) is 6.32. The molecule has 8 nitrogen and oxygen atoms in total. The van der Waals surface area contributed by atoms with Crippen LogP contribution in [0.5, 0.6) is 0 Å². The van der Waals surface area contributed by atoms with Gasteiger partial charge in [0.25, 0.3) is 10.2 Å². The summed E-state index contributed by atoms with van der Waals surface area (Å²) < 4.78 is 26.1. The van der Waals surface area contributed by atoms with E-state index in [4.69, 9.17) is 5.11 Å². The molecule has 1 aromatic heterocycles. The fraction of sp³-hybridized carbons (Fsp3) is 0.556. The van der Waals surface area contributed by atoms with Crippen molar-refractivity contribution >= 4 is 16.2 Å². The number of imidazole rings is 1. The fourth-order valence-electron chi connectivity index (χ4n) is 1.88. The smallest absolute Gasteiger partial charge is 0.322 e. The number of nitrogens with zero attached hydrogens (tertiary/aromatic N) is 3. The highest BCUT2D eigenvalue weighted by Crippen LogP contribution is 2.24. The molecule has 9 heteroatoms. The van der Waals surface area contributed by atoms with Gasteiger partial charge in [0.1, 0.15) is 6.04 Å². The van der Waals surface area contributed by atoms with Crippen LogP contribution < -0.4 is 0 Å². The molecule has 1 aliphatic heterocycles. The molecule has 0 saturated heterocycles. The SMILES string of the molecule is CN(C)S(=O)(=O)N1Cc2[nH]cnc2CC1C(=O)O. The molecule has 0 radical (unpaired) electrons. The van der Waals surface area contributed by atoms with Crippen molar-refractivity contribution in [1.29, 1.82) is 0 Å². The average molecular weight is 274 g/mol. The maximum atomic E-state index is 12.1. The Morgan fingerprint density at radius 2 is 2.28 bits per heavy atom. The maximum Gasteiger partial charge on any atom is 0.322 e. The number of aliphatic carboxylic acids is 1. The largest absolute Gasteiger partial charge is 0.480 e. The van der Waals surface area contributed by atoms with E-state index in [1.54, 1.807) is 0 Å². The highest BCUT2D eigenvalue weighted by Gasteiger charge is 2.40. The Bertz CT molecular complexity index is 565. The Kier molecular flexibility index (Phi) is 3.13. The lowest BCUT2D eigenvalue weighted by Gasteiger charge is -2.32. The molecule has 18 heavy (non-hydrogen) atoms. The second-order valence-electron chi connectivity index (χ2n) is 4.22. The first-order valence-corrected chi connectivity index (χ1v) is 6.67. The van der Waals surface area contributed by atoms with Crippen LogP contribution in [0.15, 0.2) is 6.33 Å². The number of carbonyl (C=O) groups is 1. The number of hydrogen-bond acceptors (Lipinski definition) is 4. The molecule has 1 unspecified atom stereocenters. The van der Waals surface area contributed by atoms with E-state index < -0.39 is 22.2 Å². The van der Waals surface area contributed by atoms with Gasteiger partial charge in [-0.1, -0.05) is 0 Å². The summed E-state index contributed by atoms with van der Waals surface area (Å²) >= 11 is 0. The van der Waals surface area contributed by atoms with Crippen LogP contribution in [0.2, 0.25) is 0 Å². The van der Waals surface area contributed by atoms with Gasteiger partial charge in [-0.25, -0.2) is 4.98 Å². The van der Waals surface area contributed by atoms with Gasteiger partial charge in [0.15, 0.2) is 0 Å². The van der Waals surface area contributed by atoms with Crippen molar-refractivity contribution < 1.29 is 18.3 Å². The first kappa shape index (κ1) is 13.0. The Morgan fingerprint density at radius 1 is 1.61 bits per heavy atom. The summed E-state index contributed by atoms with van der Waals surface area (Å²) in [7, 11) is -1.03. The van der Waals surface area contributed by atoms with Crippen molar-refractivity contribution in [3.63, 3.8) is 0 Å². The quantitative estimate of drug-likeness (QED) is 0.737. The van der Waals surface area contributed by atoms with Crippen molar-refractivity contribution in [1.82, 2.24) is 18.6 Å². The highest BCUT2D eigenvalue weighted by molar-refractivity contribution is 7.86. The van der Waals surface area contributed by atoms with Gasteiger partial charge in [-0.2, -0.15) is 17.0 Å². The number of hydrogen-bond donors (Lipinski definition) is 2. The van der Waals surface area contributed by atoms with Crippen LogP contribution in [0.4, 0.5) is 0 Å². The molecule has 1 aliphatic rings. The van der Waals surface area contributed by atoms with Crippen molar-refractivity contribution in [2.24, 2.45) is 0 Å². The van der Waals surface area contributed by atoms with E-state index in [-0.39, 0.29) is 13.0 Å². The van der Waals surface area contributed by atoms with Crippen molar-refractivity contribution in [3.8, 4) is 0 Å². The van der Waals surface area contributed by atoms with Crippen molar-refractivity contribution in [2.45, 2.75) is 19.0 Å². The molecule has 0 amide bonds. The van der Waals surface area contributed by atoms with Crippen LogP contribution in [0.1, 0.15) is 11.4 Å². The third-order valence-corrected chi connectivity index (χ3v) is 4.80. The molecule has 0 aliphatic carbocycles. The Balaban J connectivity index is 2.43. The fourth-order valence-corrected chi connectivity index (χ4v) is 3.07. The van der Waals surface area contributed by atoms with E-state index in [1.165, 1.54) is 20.4 Å². The van der Waals surface area contributed by atoms with Crippen LogP contribution in [0, 0.1) is 0 Å². The molecule has 1 aromatic rings. The normalized spacial score (nSPS) is 20.9. The zero-order valence-electron chi connectivity index (χ0n) is 9.99. The summed E-state index contributed by atoms with van der Waals surface area (Å²) in [5.41, 5.74) is 1.24. The molecule has 2 heterocycles. The van der Waals surface area contributed by atoms with E-state index in [0.717, 1.165) is 8.61 Å². The molecule has 0 aromatic carbocycles. The molecule has 0 bridgehead atoms. The number of nitrogens with one attached hydrogen (secondary N) is 1. The van der Waals surface area contributed by atoms with Crippen LogP contribution in [0.3, 0.4) is 0 Å². The zero-order chi connectivity index (χ0) is 13.5. The van der Waals surface area contributed by atoms with E-state index in [2.05, 4.69) is 9.97 Å². The third-order valence-electron chi connectivity index (χ3n) is 2.90. The van der Waals surface area contributed by atoms with Crippen LogP contribution in [0.25, 0.3) is 0 Å². The topological polar surface area (TPSA) is 107 Å². The predicted octanol–water partition coefficient (Wildman–Crippen LogP) is -0.973. The molecule has 2 rings (SSSR count). The number of H-pyrrole nitrogens is 1. The van der Waals surface area contributed by atoms with E-state index >= 15 is 0 Å². The Morgan fingerprint density at radius 3 is 2.83 bits per heavy atom. The van der Waals surface area contributed by atoms with Crippen LogP contribution >= 0.6 is 0 Å². The average Bonchev–Trinajstić information content (AvgIpc) is 2.73. The summed E-state index contributed by atoms with van der Waals surface area (Å²) in [5.74, 6) is -1.17. The first-order valence-electron chi connectivity index (χ1n) is 5.27. The molecule has 0 saturated carbocycles. The number of aromatic nitrogens is 2. The Labute approximate surface area is 104 Å². The minimum atomic E-state index is -3.78. The second kappa shape index (κ2) is 4.34. The number of carboxylic acids is 1. The van der Waals surface area contributed by atoms with E-state index in [1.807, 2.05) is 0 Å². The zero-order valence-corrected chi connectivity index (χ0v) is 10.8. The van der Waals surface area contributed by atoms with Gasteiger partial charge in [0, 0.05) is 20.5 Å². The summed E-state index contributed by atoms with van der Waals surface area (Å²) in [4.78, 5) is 18.0. The number of fused-ring (bicyclic) bond motifs is 1. The number of carboxylic acid groups (broad SMARTS) is 1. The van der Waals surface area contributed by atoms with Crippen LogP contribution in [-0.4, -0.2) is 58.2 Å².